The largest absolute Gasteiger partial charge is 0.487 e. The molecule has 1 saturated carbocycles. The van der Waals surface area contributed by atoms with Crippen LogP contribution in [0.2, 0.25) is 5.02 Å². The molecule has 2 fully saturated rings. The minimum atomic E-state index is 0.178. The average Bonchev–Trinajstić information content (AvgIpc) is 3.16. The molecule has 2 aromatic carbocycles. The number of carbonyl (C=O) groups is 1. The highest BCUT2D eigenvalue weighted by atomic mass is 35.5. The lowest BCUT2D eigenvalue weighted by molar-refractivity contribution is 0.0691. The molecule has 5 rings (SSSR count). The number of benzene rings is 2. The van der Waals surface area contributed by atoms with Crippen molar-refractivity contribution in [2.24, 2.45) is 7.05 Å². The third-order valence-corrected chi connectivity index (χ3v) is 7.81. The van der Waals surface area contributed by atoms with E-state index in [0.29, 0.717) is 18.2 Å². The fourth-order valence-electron chi connectivity index (χ4n) is 5.62. The topological polar surface area (TPSA) is 37.7 Å². The molecule has 0 N–H and O–H groups in total. The first kappa shape index (κ1) is 23.4. The molecule has 5 nitrogen and oxygen atoms in total. The molecule has 6 heteroatoms. The van der Waals surface area contributed by atoms with Crippen LogP contribution in [0.15, 0.2) is 48.5 Å². The second kappa shape index (κ2) is 10.5. The Bertz CT molecular complexity index is 1130. The van der Waals surface area contributed by atoms with Gasteiger partial charge in [0.05, 0.1) is 17.8 Å². The van der Waals surface area contributed by atoms with E-state index in [0.717, 1.165) is 60.1 Å². The Kier molecular flexibility index (Phi) is 7.23. The van der Waals surface area contributed by atoms with E-state index in [-0.39, 0.29) is 5.78 Å². The molecule has 0 bridgehead atoms. The number of ketones is 1. The Balaban J connectivity index is 1.30. The number of halogens is 1. The summed E-state index contributed by atoms with van der Waals surface area (Å²) >= 11 is 6.01. The van der Waals surface area contributed by atoms with Gasteiger partial charge in [-0.1, -0.05) is 49.1 Å². The van der Waals surface area contributed by atoms with Gasteiger partial charge >= 0.3 is 0 Å². The van der Waals surface area contributed by atoms with Gasteiger partial charge in [-0.3, -0.25) is 14.6 Å². The Labute approximate surface area is 207 Å². The van der Waals surface area contributed by atoms with Crippen molar-refractivity contribution in [1.82, 2.24) is 14.4 Å². The number of ether oxygens (including phenoxy) is 1. The van der Waals surface area contributed by atoms with Crippen LogP contribution in [-0.4, -0.2) is 58.9 Å². The number of para-hydroxylation sites is 1. The van der Waals surface area contributed by atoms with Crippen LogP contribution < -0.4 is 4.74 Å². The fourth-order valence-corrected chi connectivity index (χ4v) is 5.75. The van der Waals surface area contributed by atoms with E-state index in [1.54, 1.807) is 0 Å². The van der Waals surface area contributed by atoms with Gasteiger partial charge in [0.15, 0.2) is 5.78 Å². The molecule has 3 aromatic rings. The van der Waals surface area contributed by atoms with Crippen LogP contribution >= 0.6 is 11.6 Å². The van der Waals surface area contributed by atoms with Crippen LogP contribution in [0.25, 0.3) is 10.9 Å². The maximum Gasteiger partial charge on any atom is 0.179 e. The van der Waals surface area contributed by atoms with Gasteiger partial charge < -0.3 is 9.30 Å². The Morgan fingerprint density at radius 3 is 2.41 bits per heavy atom. The number of aryl methyl sites for hydroxylation is 1. The molecule has 2 heterocycles. The summed E-state index contributed by atoms with van der Waals surface area (Å²) in [5.41, 5.74) is 2.77. The Morgan fingerprint density at radius 2 is 1.68 bits per heavy atom. The zero-order valence-electron chi connectivity index (χ0n) is 20.0. The number of fused-ring (bicyclic) bond motifs is 1. The van der Waals surface area contributed by atoms with Gasteiger partial charge in [0.1, 0.15) is 12.4 Å². The van der Waals surface area contributed by atoms with Crippen molar-refractivity contribution in [3.63, 3.8) is 0 Å². The monoisotopic (exact) mass is 479 g/mol. The van der Waals surface area contributed by atoms with E-state index in [4.69, 9.17) is 16.3 Å². The molecule has 2 aliphatic rings. The summed E-state index contributed by atoms with van der Waals surface area (Å²) in [6.07, 6.45) is 6.80. The van der Waals surface area contributed by atoms with Crippen LogP contribution in [0.5, 0.6) is 5.75 Å². The lowest BCUT2D eigenvalue weighted by atomic mass is 9.94. The first-order valence-electron chi connectivity index (χ1n) is 12.5. The number of piperazine rings is 1. The third-order valence-electron chi connectivity index (χ3n) is 7.56. The van der Waals surface area contributed by atoms with E-state index < -0.39 is 0 Å². The summed E-state index contributed by atoms with van der Waals surface area (Å²) in [7, 11) is 2.02. The number of rotatable bonds is 7. The Morgan fingerprint density at radius 1 is 0.971 bits per heavy atom. The second-order valence-corrected chi connectivity index (χ2v) is 10.1. The molecule has 0 spiro atoms. The van der Waals surface area contributed by atoms with Crippen LogP contribution in [-0.2, 0) is 13.7 Å². The minimum absolute atomic E-state index is 0.178. The molecule has 1 aliphatic carbocycles. The van der Waals surface area contributed by atoms with Gasteiger partial charge in [0.25, 0.3) is 0 Å². The van der Waals surface area contributed by atoms with Crippen molar-refractivity contribution < 1.29 is 9.53 Å². The van der Waals surface area contributed by atoms with Crippen molar-refractivity contribution >= 4 is 28.3 Å². The van der Waals surface area contributed by atoms with Gasteiger partial charge in [-0.05, 0) is 43.2 Å². The lowest BCUT2D eigenvalue weighted by Crippen LogP contribution is -2.51. The summed E-state index contributed by atoms with van der Waals surface area (Å²) in [5, 5.41) is 1.68. The van der Waals surface area contributed by atoms with Crippen molar-refractivity contribution in [3.05, 3.63) is 64.8 Å². The van der Waals surface area contributed by atoms with Crippen LogP contribution in [0.3, 0.4) is 0 Å². The molecule has 1 saturated heterocycles. The lowest BCUT2D eigenvalue weighted by Gasteiger charge is -2.40. The van der Waals surface area contributed by atoms with E-state index in [1.807, 2.05) is 43.4 Å². The standard InChI is InChI=1S/C28H34ClN3O2/c1-30-25-10-6-5-9-24(25)28(26(30)20-34-23-13-11-21(29)12-14-23)27(33)19-31-15-17-32(18-16-31)22-7-3-2-4-8-22/h5-6,9-14,22H,2-4,7-8,15-20H2,1H3. The zero-order valence-corrected chi connectivity index (χ0v) is 20.8. The van der Waals surface area contributed by atoms with Gasteiger partial charge in [0, 0.05) is 55.2 Å². The molecular weight excluding hydrogens is 446 g/mol. The highest BCUT2D eigenvalue weighted by Crippen LogP contribution is 2.28. The van der Waals surface area contributed by atoms with Crippen LogP contribution in [0.1, 0.15) is 48.2 Å². The van der Waals surface area contributed by atoms with E-state index in [2.05, 4.69) is 26.5 Å². The number of carbonyl (C=O) groups excluding carboxylic acids is 1. The summed E-state index contributed by atoms with van der Waals surface area (Å²) in [6, 6.07) is 16.2. The molecule has 34 heavy (non-hydrogen) atoms. The molecule has 1 aliphatic heterocycles. The highest BCUT2D eigenvalue weighted by Gasteiger charge is 2.28. The van der Waals surface area contributed by atoms with Gasteiger partial charge in [-0.2, -0.15) is 0 Å². The van der Waals surface area contributed by atoms with E-state index in [1.165, 1.54) is 32.1 Å². The quantitative estimate of drug-likeness (QED) is 0.417. The summed E-state index contributed by atoms with van der Waals surface area (Å²) in [5.74, 6) is 0.921. The maximum atomic E-state index is 13.7. The van der Waals surface area contributed by atoms with E-state index in [9.17, 15) is 4.79 Å². The molecular formula is C28H34ClN3O2. The minimum Gasteiger partial charge on any atom is -0.487 e. The second-order valence-electron chi connectivity index (χ2n) is 9.67. The smallest absolute Gasteiger partial charge is 0.179 e. The average molecular weight is 480 g/mol. The maximum absolute atomic E-state index is 13.7. The number of nitrogens with zero attached hydrogens (tertiary/aromatic N) is 3. The van der Waals surface area contributed by atoms with Crippen molar-refractivity contribution in [3.8, 4) is 5.75 Å². The van der Waals surface area contributed by atoms with Crippen molar-refractivity contribution in [2.45, 2.75) is 44.8 Å². The molecule has 0 atom stereocenters. The summed E-state index contributed by atoms with van der Waals surface area (Å²) in [4.78, 5) is 18.6. The molecule has 0 amide bonds. The third kappa shape index (κ3) is 5.02. The van der Waals surface area contributed by atoms with Crippen LogP contribution in [0.4, 0.5) is 0 Å². The van der Waals surface area contributed by atoms with Gasteiger partial charge in [0.2, 0.25) is 0 Å². The summed E-state index contributed by atoms with van der Waals surface area (Å²) < 4.78 is 8.16. The van der Waals surface area contributed by atoms with E-state index >= 15 is 0 Å². The summed E-state index contributed by atoms with van der Waals surface area (Å²) in [6.45, 7) is 4.86. The molecule has 0 radical (unpaired) electrons. The molecule has 180 valence electrons. The number of Topliss-reactive ketones (excluding diaryl/α,β-unsaturated/α-hetero) is 1. The van der Waals surface area contributed by atoms with Crippen LogP contribution in [0, 0.1) is 0 Å². The Hall–Kier alpha value is -2.34. The first-order chi connectivity index (χ1) is 16.6. The number of aromatic nitrogens is 1. The molecule has 0 unspecified atom stereocenters. The van der Waals surface area contributed by atoms with Gasteiger partial charge in [-0.15, -0.1) is 0 Å². The van der Waals surface area contributed by atoms with Crippen molar-refractivity contribution in [2.75, 3.05) is 32.7 Å². The predicted molar refractivity (Wildman–Crippen MR) is 138 cm³/mol. The highest BCUT2D eigenvalue weighted by molar-refractivity contribution is 6.30. The molecule has 1 aromatic heterocycles. The predicted octanol–water partition coefficient (Wildman–Crippen LogP) is 5.54. The normalized spacial score (nSPS) is 18.4. The number of hydrogen-bond donors (Lipinski definition) is 0. The number of hydrogen-bond acceptors (Lipinski definition) is 4. The first-order valence-corrected chi connectivity index (χ1v) is 12.9. The van der Waals surface area contributed by atoms with Gasteiger partial charge in [-0.25, -0.2) is 0 Å². The SMILES string of the molecule is Cn1c(COc2ccc(Cl)cc2)c(C(=O)CN2CCN(C3CCCCC3)CC2)c2ccccc21. The zero-order chi connectivity index (χ0) is 23.5. The van der Waals surface area contributed by atoms with Crippen molar-refractivity contribution in [1.29, 1.82) is 0 Å². The fraction of sp³-hybridized carbons (Fsp3) is 0.464.